The van der Waals surface area contributed by atoms with E-state index in [1.165, 1.54) is 27.3 Å². The van der Waals surface area contributed by atoms with Crippen molar-refractivity contribution in [2.75, 3.05) is 13.6 Å². The van der Waals surface area contributed by atoms with Gasteiger partial charge in [-0.3, -0.25) is 4.79 Å². The minimum atomic E-state index is -0.449. The Morgan fingerprint density at radius 2 is 2.20 bits per heavy atom. The maximum atomic E-state index is 11.0. The Balaban J connectivity index is 2.25. The summed E-state index contributed by atoms with van der Waals surface area (Å²) in [7, 11) is 2.10. The van der Waals surface area contributed by atoms with Crippen molar-refractivity contribution < 1.29 is 4.79 Å². The number of halogens is 2. The number of likely N-dealkylation sites (N-methyl/N-ethyl adjacent to an activating group) is 1. The third-order valence-electron chi connectivity index (χ3n) is 3.57. The molecule has 0 atom stereocenters. The van der Waals surface area contributed by atoms with Crippen LogP contribution in [0.15, 0.2) is 18.2 Å². The van der Waals surface area contributed by atoms with Gasteiger partial charge in [0.05, 0.1) is 0 Å². The number of benzene rings is 1. The number of nitrogens with zero attached hydrogens (tertiary/aromatic N) is 1. The van der Waals surface area contributed by atoms with E-state index in [1.54, 1.807) is 11.3 Å². The highest BCUT2D eigenvalue weighted by Crippen LogP contribution is 2.39. The zero-order chi connectivity index (χ0) is 14.3. The minimum absolute atomic E-state index is 0.449. The molecule has 0 spiro atoms. The molecule has 0 radical (unpaired) electrons. The first-order valence-corrected chi connectivity index (χ1v) is 7.92. The van der Waals surface area contributed by atoms with Crippen LogP contribution in [0.3, 0.4) is 0 Å². The summed E-state index contributed by atoms with van der Waals surface area (Å²) in [6.07, 6.45) is 4.18. The van der Waals surface area contributed by atoms with Crippen LogP contribution in [-0.4, -0.2) is 23.7 Å². The Bertz CT molecular complexity index is 720. The molecule has 1 aromatic carbocycles. The minimum Gasteiger partial charge on any atom is -0.302 e. The molecule has 0 saturated heterocycles. The van der Waals surface area contributed by atoms with E-state index in [4.69, 9.17) is 23.2 Å². The standard InChI is InChI=1S/C15H13Cl2NOS/c1-18-7-6-9-11(16)2-3-13-15(9)10(8-18)12(20-13)4-5-14(17)19/h2-5H,6-8H2,1H3. The number of allylic oxidation sites excluding steroid dienone is 1. The van der Waals surface area contributed by atoms with Crippen LogP contribution in [0.1, 0.15) is 16.0 Å². The summed E-state index contributed by atoms with van der Waals surface area (Å²) >= 11 is 13.4. The first kappa shape index (κ1) is 14.1. The Labute approximate surface area is 131 Å². The van der Waals surface area contributed by atoms with Crippen LogP contribution in [0, 0.1) is 0 Å². The molecule has 0 N–H and O–H groups in total. The SMILES string of the molecule is CN1CCc2c(Cl)ccc3sc(C=CC(=O)Cl)c(c23)C1. The molecule has 2 heterocycles. The first-order chi connectivity index (χ1) is 9.56. The Morgan fingerprint density at radius 3 is 2.95 bits per heavy atom. The molecule has 0 unspecified atom stereocenters. The van der Waals surface area contributed by atoms with Gasteiger partial charge in [-0.2, -0.15) is 0 Å². The third kappa shape index (κ3) is 2.51. The fourth-order valence-corrected chi connectivity index (χ4v) is 4.11. The molecule has 5 heteroatoms. The average molecular weight is 326 g/mol. The summed E-state index contributed by atoms with van der Waals surface area (Å²) in [4.78, 5) is 14.3. The number of carbonyl (C=O) groups excluding carboxylic acids is 1. The molecular formula is C15H13Cl2NOS. The van der Waals surface area contributed by atoms with Crippen molar-refractivity contribution in [1.29, 1.82) is 0 Å². The van der Waals surface area contributed by atoms with Gasteiger partial charge < -0.3 is 4.90 Å². The maximum absolute atomic E-state index is 11.0. The van der Waals surface area contributed by atoms with Crippen LogP contribution in [0.2, 0.25) is 5.02 Å². The summed E-state index contributed by atoms with van der Waals surface area (Å²) in [5.74, 6) is 0. The summed E-state index contributed by atoms with van der Waals surface area (Å²) in [6.45, 7) is 1.85. The molecule has 1 aliphatic heterocycles. The topological polar surface area (TPSA) is 20.3 Å². The van der Waals surface area contributed by atoms with Gasteiger partial charge in [-0.15, -0.1) is 11.3 Å². The smallest absolute Gasteiger partial charge is 0.245 e. The normalized spacial score (nSPS) is 15.9. The quantitative estimate of drug-likeness (QED) is 0.605. The molecule has 3 rings (SSSR count). The molecule has 0 bridgehead atoms. The van der Waals surface area contributed by atoms with Crippen molar-refractivity contribution in [3.8, 4) is 0 Å². The maximum Gasteiger partial charge on any atom is 0.245 e. The average Bonchev–Trinajstić information content (AvgIpc) is 2.62. The van der Waals surface area contributed by atoms with Crippen LogP contribution in [0.5, 0.6) is 0 Å². The van der Waals surface area contributed by atoms with Crippen molar-refractivity contribution in [2.24, 2.45) is 0 Å². The molecule has 1 aromatic heterocycles. The van der Waals surface area contributed by atoms with Crippen molar-refractivity contribution in [3.05, 3.63) is 39.2 Å². The zero-order valence-corrected chi connectivity index (χ0v) is 13.3. The lowest BCUT2D eigenvalue weighted by molar-refractivity contribution is -0.107. The van der Waals surface area contributed by atoms with Crippen LogP contribution in [0.4, 0.5) is 0 Å². The van der Waals surface area contributed by atoms with Gasteiger partial charge in [-0.25, -0.2) is 0 Å². The van der Waals surface area contributed by atoms with E-state index >= 15 is 0 Å². The molecular weight excluding hydrogens is 313 g/mol. The van der Waals surface area contributed by atoms with E-state index in [1.807, 2.05) is 12.1 Å². The molecule has 104 valence electrons. The van der Waals surface area contributed by atoms with Crippen LogP contribution in [-0.2, 0) is 17.8 Å². The van der Waals surface area contributed by atoms with Gasteiger partial charge in [0.25, 0.3) is 0 Å². The van der Waals surface area contributed by atoms with Crippen LogP contribution < -0.4 is 0 Å². The third-order valence-corrected chi connectivity index (χ3v) is 5.22. The van der Waals surface area contributed by atoms with E-state index < -0.39 is 5.24 Å². The largest absolute Gasteiger partial charge is 0.302 e. The van der Waals surface area contributed by atoms with Crippen molar-refractivity contribution in [3.63, 3.8) is 0 Å². The van der Waals surface area contributed by atoms with Gasteiger partial charge >= 0.3 is 0 Å². The second-order valence-electron chi connectivity index (χ2n) is 4.97. The number of hydrogen-bond donors (Lipinski definition) is 0. The molecule has 0 fully saturated rings. The zero-order valence-electron chi connectivity index (χ0n) is 11.0. The summed E-state index contributed by atoms with van der Waals surface area (Å²) < 4.78 is 1.22. The highest BCUT2D eigenvalue weighted by Gasteiger charge is 2.20. The lowest BCUT2D eigenvalue weighted by Gasteiger charge is -2.13. The van der Waals surface area contributed by atoms with E-state index in [-0.39, 0.29) is 0 Å². The van der Waals surface area contributed by atoms with Gasteiger partial charge in [0.15, 0.2) is 0 Å². The van der Waals surface area contributed by atoms with Crippen molar-refractivity contribution in [2.45, 2.75) is 13.0 Å². The number of carbonyl (C=O) groups is 1. The fourth-order valence-electron chi connectivity index (χ4n) is 2.65. The highest BCUT2D eigenvalue weighted by molar-refractivity contribution is 7.20. The van der Waals surface area contributed by atoms with Gasteiger partial charge in [-0.05, 0) is 60.5 Å². The molecule has 1 aliphatic rings. The number of rotatable bonds is 2. The Morgan fingerprint density at radius 1 is 1.40 bits per heavy atom. The number of hydrogen-bond acceptors (Lipinski definition) is 3. The summed E-state index contributed by atoms with van der Waals surface area (Å²) in [5, 5.41) is 1.64. The monoisotopic (exact) mass is 325 g/mol. The predicted molar refractivity (Wildman–Crippen MR) is 86.8 cm³/mol. The Hall–Kier alpha value is -0.870. The molecule has 0 aliphatic carbocycles. The highest BCUT2D eigenvalue weighted by atomic mass is 35.5. The molecule has 0 amide bonds. The predicted octanol–water partition coefficient (Wildman–Crippen LogP) is 4.32. The van der Waals surface area contributed by atoms with Crippen molar-refractivity contribution >= 4 is 55.9 Å². The summed E-state index contributed by atoms with van der Waals surface area (Å²) in [6, 6.07) is 4.02. The Kier molecular flexibility index (Phi) is 3.87. The molecule has 20 heavy (non-hydrogen) atoms. The first-order valence-electron chi connectivity index (χ1n) is 6.35. The van der Waals surface area contributed by atoms with Gasteiger partial charge in [0.1, 0.15) is 0 Å². The fraction of sp³-hybridized carbons (Fsp3) is 0.267. The van der Waals surface area contributed by atoms with Crippen LogP contribution >= 0.6 is 34.5 Å². The second-order valence-corrected chi connectivity index (χ2v) is 6.83. The number of thiophene rings is 1. The summed E-state index contributed by atoms with van der Waals surface area (Å²) in [5.41, 5.74) is 2.47. The lowest BCUT2D eigenvalue weighted by Crippen LogP contribution is -2.18. The second kappa shape index (κ2) is 5.49. The van der Waals surface area contributed by atoms with E-state index in [0.717, 1.165) is 29.4 Å². The van der Waals surface area contributed by atoms with Crippen LogP contribution in [0.25, 0.3) is 16.2 Å². The van der Waals surface area contributed by atoms with Gasteiger partial charge in [-0.1, -0.05) is 11.6 Å². The molecule has 0 saturated carbocycles. The van der Waals surface area contributed by atoms with Gasteiger partial charge in [0.2, 0.25) is 5.24 Å². The van der Waals surface area contributed by atoms with Gasteiger partial charge in [0, 0.05) is 33.1 Å². The lowest BCUT2D eigenvalue weighted by atomic mass is 10.0. The van der Waals surface area contributed by atoms with Crippen molar-refractivity contribution in [1.82, 2.24) is 4.90 Å². The van der Waals surface area contributed by atoms with E-state index in [0.29, 0.717) is 0 Å². The molecule has 2 nitrogen and oxygen atoms in total. The van der Waals surface area contributed by atoms with E-state index in [2.05, 4.69) is 18.0 Å². The van der Waals surface area contributed by atoms with E-state index in [9.17, 15) is 4.79 Å². The molecule has 2 aromatic rings.